The van der Waals surface area contributed by atoms with Crippen LogP contribution in [-0.4, -0.2) is 33.5 Å². The fraction of sp³-hybridized carbons (Fsp3) is 0.200. The van der Waals surface area contributed by atoms with E-state index in [9.17, 15) is 0 Å². The number of ether oxygens (including phenoxy) is 3. The Morgan fingerprint density at radius 2 is 1.39 bits per heavy atom. The molecular weight excluding hydrogens is 408 g/mol. The van der Waals surface area contributed by atoms with Crippen molar-refractivity contribution in [2.75, 3.05) is 27.4 Å². The fourth-order valence-electron chi connectivity index (χ4n) is 4.35. The molecular formula is C30H26O3. The maximum Gasteiger partial charge on any atom is 0.104 e. The third kappa shape index (κ3) is 4.42. The van der Waals surface area contributed by atoms with Gasteiger partial charge in [-0.1, -0.05) is 72.5 Å². The van der Waals surface area contributed by atoms with E-state index in [4.69, 9.17) is 14.2 Å². The summed E-state index contributed by atoms with van der Waals surface area (Å²) in [5.41, 5.74) is 3.14. The van der Waals surface area contributed by atoms with Gasteiger partial charge in [0.1, 0.15) is 6.10 Å². The summed E-state index contributed by atoms with van der Waals surface area (Å²) in [7, 11) is 3.33. The van der Waals surface area contributed by atoms with E-state index in [-0.39, 0.29) is 6.10 Å². The first-order chi connectivity index (χ1) is 16.3. The zero-order chi connectivity index (χ0) is 22.6. The molecule has 0 N–H and O–H groups in total. The standard InChI is InChI=1S/C30H26O3/c1-31-19-27(32-2)20-33-18-22-8-6-21(7-9-22)10-11-23-12-13-26-15-14-24-4-3-5-25-16-17-28(23)30(26)29(24)25/h3-9,12-17,27H,18-20H2,1-2H3/t27-/m1/s1. The maximum absolute atomic E-state index is 5.76. The zero-order valence-corrected chi connectivity index (χ0v) is 18.9. The molecule has 0 aromatic heterocycles. The first kappa shape index (κ1) is 21.4. The average Bonchev–Trinajstić information content (AvgIpc) is 2.86. The van der Waals surface area contributed by atoms with E-state index in [1.807, 2.05) is 12.1 Å². The molecule has 0 aliphatic rings. The monoisotopic (exact) mass is 434 g/mol. The summed E-state index contributed by atoms with van der Waals surface area (Å²) in [4.78, 5) is 0. The quantitative estimate of drug-likeness (QED) is 0.227. The molecule has 0 saturated heterocycles. The minimum absolute atomic E-state index is 0.0506. The zero-order valence-electron chi connectivity index (χ0n) is 18.9. The molecule has 0 heterocycles. The van der Waals surface area contributed by atoms with Gasteiger partial charge in [0.2, 0.25) is 0 Å². The molecule has 0 fully saturated rings. The average molecular weight is 435 g/mol. The van der Waals surface area contributed by atoms with Crippen LogP contribution in [0, 0.1) is 11.8 Å². The summed E-state index contributed by atoms with van der Waals surface area (Å²) in [6.07, 6.45) is -0.0506. The number of rotatable bonds is 7. The highest BCUT2D eigenvalue weighted by Gasteiger charge is 2.10. The Bertz CT molecular complexity index is 1430. The van der Waals surface area contributed by atoms with Gasteiger partial charge in [0.05, 0.1) is 19.8 Å². The van der Waals surface area contributed by atoms with E-state index in [1.54, 1.807) is 14.2 Å². The normalized spacial score (nSPS) is 12.3. The molecule has 0 aliphatic heterocycles. The van der Waals surface area contributed by atoms with Crippen molar-refractivity contribution in [2.45, 2.75) is 12.7 Å². The third-order valence-electron chi connectivity index (χ3n) is 6.08. The van der Waals surface area contributed by atoms with Gasteiger partial charge in [-0.25, -0.2) is 0 Å². The van der Waals surface area contributed by atoms with Gasteiger partial charge in [-0.2, -0.15) is 0 Å². The highest BCUT2D eigenvalue weighted by molar-refractivity contribution is 6.23. The lowest BCUT2D eigenvalue weighted by atomic mass is 9.92. The third-order valence-corrected chi connectivity index (χ3v) is 6.08. The Hall–Kier alpha value is -3.42. The maximum atomic E-state index is 5.76. The molecule has 3 heteroatoms. The Morgan fingerprint density at radius 3 is 2.12 bits per heavy atom. The SMILES string of the molecule is COC[C@H](COCc1ccc(C#Cc2ccc3ccc4cccc5ccc2c3c45)cc1)OC. The van der Waals surface area contributed by atoms with Crippen LogP contribution in [0.25, 0.3) is 32.3 Å². The number of hydrogen-bond donors (Lipinski definition) is 0. The van der Waals surface area contributed by atoms with Crippen LogP contribution >= 0.6 is 0 Å². The lowest BCUT2D eigenvalue weighted by Gasteiger charge is -2.14. The van der Waals surface area contributed by atoms with E-state index < -0.39 is 0 Å². The van der Waals surface area contributed by atoms with Gasteiger partial charge in [-0.05, 0) is 56.1 Å². The van der Waals surface area contributed by atoms with Crippen LogP contribution in [-0.2, 0) is 20.8 Å². The number of benzene rings is 5. The molecule has 0 radical (unpaired) electrons. The van der Waals surface area contributed by atoms with Crippen molar-refractivity contribution in [1.82, 2.24) is 0 Å². The fourth-order valence-corrected chi connectivity index (χ4v) is 4.35. The van der Waals surface area contributed by atoms with Crippen molar-refractivity contribution < 1.29 is 14.2 Å². The molecule has 5 aromatic carbocycles. The number of methoxy groups -OCH3 is 2. The van der Waals surface area contributed by atoms with Crippen LogP contribution in [0.3, 0.4) is 0 Å². The lowest BCUT2D eigenvalue weighted by molar-refractivity contribution is -0.0347. The highest BCUT2D eigenvalue weighted by Crippen LogP contribution is 2.35. The molecule has 0 saturated carbocycles. The van der Waals surface area contributed by atoms with Gasteiger partial charge < -0.3 is 14.2 Å². The van der Waals surface area contributed by atoms with Gasteiger partial charge in [-0.15, -0.1) is 0 Å². The molecule has 0 spiro atoms. The summed E-state index contributed by atoms with van der Waals surface area (Å²) in [5, 5.41) is 7.62. The van der Waals surface area contributed by atoms with Crippen molar-refractivity contribution in [2.24, 2.45) is 0 Å². The van der Waals surface area contributed by atoms with Crippen LogP contribution < -0.4 is 0 Å². The summed E-state index contributed by atoms with van der Waals surface area (Å²) < 4.78 is 16.2. The van der Waals surface area contributed by atoms with Gasteiger partial charge in [0, 0.05) is 25.3 Å². The summed E-state index contributed by atoms with van der Waals surface area (Å²) in [5.74, 6) is 6.74. The molecule has 33 heavy (non-hydrogen) atoms. The highest BCUT2D eigenvalue weighted by atomic mass is 16.5. The molecule has 164 valence electrons. The Kier molecular flexibility index (Phi) is 6.24. The minimum atomic E-state index is -0.0506. The van der Waals surface area contributed by atoms with Gasteiger partial charge in [0.25, 0.3) is 0 Å². The van der Waals surface area contributed by atoms with E-state index in [1.165, 1.54) is 32.3 Å². The van der Waals surface area contributed by atoms with Crippen LogP contribution in [0.4, 0.5) is 0 Å². The minimum Gasteiger partial charge on any atom is -0.382 e. The first-order valence-electron chi connectivity index (χ1n) is 11.1. The molecule has 1 atom stereocenters. The van der Waals surface area contributed by atoms with Crippen LogP contribution in [0.5, 0.6) is 0 Å². The Morgan fingerprint density at radius 1 is 0.697 bits per heavy atom. The molecule has 0 bridgehead atoms. The molecule has 3 nitrogen and oxygen atoms in total. The summed E-state index contributed by atoms with van der Waals surface area (Å²) >= 11 is 0. The van der Waals surface area contributed by atoms with Gasteiger partial charge >= 0.3 is 0 Å². The predicted molar refractivity (Wildman–Crippen MR) is 135 cm³/mol. The van der Waals surface area contributed by atoms with Crippen molar-refractivity contribution in [3.05, 3.63) is 95.6 Å². The van der Waals surface area contributed by atoms with Crippen molar-refractivity contribution >= 4 is 32.3 Å². The lowest BCUT2D eigenvalue weighted by Crippen LogP contribution is -2.23. The van der Waals surface area contributed by atoms with Crippen LogP contribution in [0.1, 0.15) is 16.7 Å². The molecule has 0 aliphatic carbocycles. The second-order valence-corrected chi connectivity index (χ2v) is 8.24. The smallest absolute Gasteiger partial charge is 0.104 e. The second-order valence-electron chi connectivity index (χ2n) is 8.24. The van der Waals surface area contributed by atoms with Crippen LogP contribution in [0.2, 0.25) is 0 Å². The topological polar surface area (TPSA) is 27.7 Å². The van der Waals surface area contributed by atoms with Gasteiger partial charge in [-0.3, -0.25) is 0 Å². The molecule has 5 aromatic rings. The second kappa shape index (κ2) is 9.60. The van der Waals surface area contributed by atoms with E-state index in [2.05, 4.69) is 78.6 Å². The van der Waals surface area contributed by atoms with E-state index >= 15 is 0 Å². The van der Waals surface area contributed by atoms with E-state index in [0.29, 0.717) is 19.8 Å². The van der Waals surface area contributed by atoms with Crippen molar-refractivity contribution in [1.29, 1.82) is 0 Å². The van der Waals surface area contributed by atoms with Crippen LogP contribution in [0.15, 0.2) is 78.9 Å². The van der Waals surface area contributed by atoms with Gasteiger partial charge in [0.15, 0.2) is 0 Å². The molecule has 0 unspecified atom stereocenters. The van der Waals surface area contributed by atoms with Crippen molar-refractivity contribution in [3.8, 4) is 11.8 Å². The Balaban J connectivity index is 1.37. The molecule has 0 amide bonds. The Labute approximate surface area is 194 Å². The van der Waals surface area contributed by atoms with Crippen molar-refractivity contribution in [3.63, 3.8) is 0 Å². The predicted octanol–water partition coefficient (Wildman–Crippen LogP) is 6.16. The van der Waals surface area contributed by atoms with E-state index in [0.717, 1.165) is 16.7 Å². The summed E-state index contributed by atoms with van der Waals surface area (Å²) in [6, 6.07) is 27.8. The number of hydrogen-bond acceptors (Lipinski definition) is 3. The summed E-state index contributed by atoms with van der Waals surface area (Å²) in [6.45, 7) is 1.56. The first-order valence-corrected chi connectivity index (χ1v) is 11.1. The largest absolute Gasteiger partial charge is 0.382 e. The molecule has 5 rings (SSSR count).